The summed E-state index contributed by atoms with van der Waals surface area (Å²) in [4.78, 5) is 38.1. The molecule has 9 heteroatoms. The predicted molar refractivity (Wildman–Crippen MR) is 110 cm³/mol. The molecule has 0 aliphatic carbocycles. The number of thioether (sulfide) groups is 1. The average molecular weight is 425 g/mol. The zero-order chi connectivity index (χ0) is 21.2. The molecule has 1 fully saturated rings. The summed E-state index contributed by atoms with van der Waals surface area (Å²) in [6.07, 6.45) is 1.01. The van der Waals surface area contributed by atoms with Gasteiger partial charge in [0.25, 0.3) is 0 Å². The Bertz CT molecular complexity index is 687. The highest BCUT2D eigenvalue weighted by atomic mass is 32.2. The summed E-state index contributed by atoms with van der Waals surface area (Å²) < 4.78 is 5.05. The van der Waals surface area contributed by atoms with Crippen molar-refractivity contribution in [2.24, 2.45) is 0 Å². The Hall–Kier alpha value is -2.10. The van der Waals surface area contributed by atoms with Crippen LogP contribution in [0.3, 0.4) is 0 Å². The van der Waals surface area contributed by atoms with Crippen LogP contribution in [-0.4, -0.2) is 82.3 Å². The third-order valence-corrected chi connectivity index (χ3v) is 5.73. The fourth-order valence-electron chi connectivity index (χ4n) is 3.17. The van der Waals surface area contributed by atoms with Crippen LogP contribution in [0, 0.1) is 0 Å². The second kappa shape index (κ2) is 11.8. The highest BCUT2D eigenvalue weighted by Gasteiger charge is 2.35. The largest absolute Gasteiger partial charge is 0.480 e. The highest BCUT2D eigenvalue weighted by Crippen LogP contribution is 2.18. The first kappa shape index (κ1) is 23.2. The van der Waals surface area contributed by atoms with Gasteiger partial charge in [0.1, 0.15) is 18.7 Å². The Morgan fingerprint density at radius 3 is 2.69 bits per heavy atom. The number of esters is 1. The minimum Gasteiger partial charge on any atom is -0.480 e. The van der Waals surface area contributed by atoms with Crippen LogP contribution in [0.1, 0.15) is 18.9 Å². The summed E-state index contributed by atoms with van der Waals surface area (Å²) >= 11 is 1.50. The molecule has 160 valence electrons. The molecule has 0 bridgehead atoms. The van der Waals surface area contributed by atoms with E-state index in [0.717, 1.165) is 5.56 Å². The monoisotopic (exact) mass is 424 g/mol. The van der Waals surface area contributed by atoms with E-state index in [1.54, 1.807) is 6.92 Å². The molecule has 1 saturated heterocycles. The zero-order valence-electron chi connectivity index (χ0n) is 16.5. The molecule has 3 atom stereocenters. The van der Waals surface area contributed by atoms with Gasteiger partial charge in [-0.25, -0.2) is 4.79 Å². The van der Waals surface area contributed by atoms with Gasteiger partial charge in [-0.2, -0.15) is 11.8 Å². The third kappa shape index (κ3) is 7.02. The molecule has 0 radical (unpaired) electrons. The normalized spacial score (nSPS) is 18.7. The van der Waals surface area contributed by atoms with Crippen molar-refractivity contribution < 1.29 is 29.3 Å². The Morgan fingerprint density at radius 2 is 2.03 bits per heavy atom. The number of nitrogens with zero attached hydrogens (tertiary/aromatic N) is 1. The Labute approximate surface area is 174 Å². The predicted octanol–water partition coefficient (Wildman–Crippen LogP) is 0.530. The maximum atomic E-state index is 12.9. The molecule has 8 nitrogen and oxygen atoms in total. The molecule has 2 rings (SSSR count). The fraction of sp³-hybridized carbons (Fsp3) is 0.550. The Kier molecular flexibility index (Phi) is 9.43. The van der Waals surface area contributed by atoms with Gasteiger partial charge in [0.15, 0.2) is 0 Å². The topological polar surface area (TPSA) is 116 Å². The van der Waals surface area contributed by atoms with Crippen molar-refractivity contribution in [2.45, 2.75) is 37.9 Å². The SMILES string of the molecule is CC(NC(CCc1ccccc1)C(=O)OCCO)C(=O)N1CCSCC1C(=O)O. The maximum absolute atomic E-state index is 12.9. The van der Waals surface area contributed by atoms with E-state index >= 15 is 0 Å². The molecule has 1 aliphatic heterocycles. The number of hydrogen-bond donors (Lipinski definition) is 3. The van der Waals surface area contributed by atoms with Crippen LogP contribution in [0.4, 0.5) is 0 Å². The lowest BCUT2D eigenvalue weighted by molar-refractivity contribution is -0.151. The molecular formula is C20H28N2O6S. The average Bonchev–Trinajstić information content (AvgIpc) is 2.74. The number of ether oxygens (including phenoxy) is 1. The molecule has 0 spiro atoms. The first-order valence-corrected chi connectivity index (χ1v) is 10.8. The maximum Gasteiger partial charge on any atom is 0.327 e. The number of carbonyl (C=O) groups excluding carboxylic acids is 2. The summed E-state index contributed by atoms with van der Waals surface area (Å²) in [6.45, 7) is 1.58. The van der Waals surface area contributed by atoms with Crippen molar-refractivity contribution >= 4 is 29.6 Å². The lowest BCUT2D eigenvalue weighted by atomic mass is 10.0. The summed E-state index contributed by atoms with van der Waals surface area (Å²) in [5.41, 5.74) is 1.05. The van der Waals surface area contributed by atoms with Crippen LogP contribution in [0.2, 0.25) is 0 Å². The lowest BCUT2D eigenvalue weighted by Gasteiger charge is -2.35. The van der Waals surface area contributed by atoms with E-state index in [0.29, 0.717) is 30.9 Å². The molecule has 1 aliphatic rings. The molecule has 3 N–H and O–H groups in total. The number of rotatable bonds is 10. The number of carboxylic acid groups (broad SMARTS) is 1. The van der Waals surface area contributed by atoms with Gasteiger partial charge in [-0.15, -0.1) is 0 Å². The first-order chi connectivity index (χ1) is 13.9. The molecule has 1 aromatic rings. The van der Waals surface area contributed by atoms with Crippen molar-refractivity contribution in [2.75, 3.05) is 31.3 Å². The number of aliphatic hydroxyl groups excluding tert-OH is 1. The van der Waals surface area contributed by atoms with Crippen LogP contribution in [0.15, 0.2) is 30.3 Å². The minimum absolute atomic E-state index is 0.116. The van der Waals surface area contributed by atoms with E-state index in [-0.39, 0.29) is 19.1 Å². The summed E-state index contributed by atoms with van der Waals surface area (Å²) in [5.74, 6) is -0.890. The lowest BCUT2D eigenvalue weighted by Crippen LogP contribution is -2.57. The van der Waals surface area contributed by atoms with Gasteiger partial charge in [-0.1, -0.05) is 30.3 Å². The van der Waals surface area contributed by atoms with Crippen molar-refractivity contribution in [1.82, 2.24) is 10.2 Å². The van der Waals surface area contributed by atoms with Crippen LogP contribution in [-0.2, 0) is 25.5 Å². The van der Waals surface area contributed by atoms with Crippen LogP contribution in [0.5, 0.6) is 0 Å². The van der Waals surface area contributed by atoms with Crippen molar-refractivity contribution in [1.29, 1.82) is 0 Å². The van der Waals surface area contributed by atoms with Gasteiger partial charge < -0.3 is 19.8 Å². The van der Waals surface area contributed by atoms with Gasteiger partial charge in [-0.3, -0.25) is 14.9 Å². The minimum atomic E-state index is -1.03. The molecule has 0 saturated carbocycles. The Morgan fingerprint density at radius 1 is 1.31 bits per heavy atom. The number of carboxylic acids is 1. The van der Waals surface area contributed by atoms with Crippen molar-refractivity contribution in [3.05, 3.63) is 35.9 Å². The zero-order valence-corrected chi connectivity index (χ0v) is 17.3. The number of amides is 1. The molecule has 1 aromatic carbocycles. The van der Waals surface area contributed by atoms with Gasteiger partial charge >= 0.3 is 11.9 Å². The molecule has 29 heavy (non-hydrogen) atoms. The number of nitrogens with one attached hydrogen (secondary N) is 1. The second-order valence-corrected chi connectivity index (χ2v) is 7.97. The molecule has 3 unspecified atom stereocenters. The fourth-order valence-corrected chi connectivity index (χ4v) is 4.20. The molecular weight excluding hydrogens is 396 g/mol. The first-order valence-electron chi connectivity index (χ1n) is 9.62. The van der Waals surface area contributed by atoms with E-state index in [1.165, 1.54) is 16.7 Å². The molecule has 1 heterocycles. The summed E-state index contributed by atoms with van der Waals surface area (Å²) in [6, 6.07) is 7.27. The molecule has 1 amide bonds. The Balaban J connectivity index is 2.03. The number of hydrogen-bond acceptors (Lipinski definition) is 7. The number of aryl methyl sites for hydroxylation is 1. The number of aliphatic hydroxyl groups is 1. The van der Waals surface area contributed by atoms with E-state index in [2.05, 4.69) is 5.32 Å². The highest BCUT2D eigenvalue weighted by molar-refractivity contribution is 7.99. The van der Waals surface area contributed by atoms with E-state index in [4.69, 9.17) is 9.84 Å². The van der Waals surface area contributed by atoms with E-state index < -0.39 is 30.1 Å². The van der Waals surface area contributed by atoms with Gasteiger partial charge in [0, 0.05) is 18.1 Å². The number of carbonyl (C=O) groups is 3. The van der Waals surface area contributed by atoms with Gasteiger partial charge in [0.05, 0.1) is 12.6 Å². The van der Waals surface area contributed by atoms with Gasteiger partial charge in [-0.05, 0) is 25.3 Å². The second-order valence-electron chi connectivity index (χ2n) is 6.82. The summed E-state index contributed by atoms with van der Waals surface area (Å²) in [7, 11) is 0. The summed E-state index contributed by atoms with van der Waals surface area (Å²) in [5, 5.41) is 21.3. The quantitative estimate of drug-likeness (QED) is 0.466. The van der Waals surface area contributed by atoms with Gasteiger partial charge in [0.2, 0.25) is 5.91 Å². The van der Waals surface area contributed by atoms with Crippen molar-refractivity contribution in [3.8, 4) is 0 Å². The van der Waals surface area contributed by atoms with Crippen LogP contribution < -0.4 is 5.32 Å². The smallest absolute Gasteiger partial charge is 0.327 e. The van der Waals surface area contributed by atoms with Crippen LogP contribution >= 0.6 is 11.8 Å². The van der Waals surface area contributed by atoms with E-state index in [1.807, 2.05) is 30.3 Å². The van der Waals surface area contributed by atoms with E-state index in [9.17, 15) is 19.5 Å². The number of aliphatic carboxylic acids is 1. The standard InChI is InChI=1S/C20H28N2O6S/c1-14(18(24)22-9-12-29-13-17(22)19(25)26)21-16(20(27)28-11-10-23)8-7-15-5-3-2-4-6-15/h2-6,14,16-17,21,23H,7-13H2,1H3,(H,25,26). The number of benzene rings is 1. The van der Waals surface area contributed by atoms with Crippen molar-refractivity contribution in [3.63, 3.8) is 0 Å². The van der Waals surface area contributed by atoms with Crippen LogP contribution in [0.25, 0.3) is 0 Å². The third-order valence-electron chi connectivity index (χ3n) is 4.70. The molecule has 0 aromatic heterocycles.